The van der Waals surface area contributed by atoms with Gasteiger partial charge >= 0.3 is 0 Å². The third-order valence-electron chi connectivity index (χ3n) is 5.42. The molecule has 1 aliphatic heterocycles. The molecule has 4 aromatic rings. The smallest absolute Gasteiger partial charge is 0.225 e. The Hall–Kier alpha value is -3.54. The Bertz CT molecular complexity index is 1140. The van der Waals surface area contributed by atoms with Crippen molar-refractivity contribution in [1.82, 2.24) is 20.2 Å². The van der Waals surface area contributed by atoms with Gasteiger partial charge in [0.25, 0.3) is 0 Å². The van der Waals surface area contributed by atoms with Gasteiger partial charge in [-0.15, -0.1) is 10.2 Å². The summed E-state index contributed by atoms with van der Waals surface area (Å²) in [6.45, 7) is 5.61. The van der Waals surface area contributed by atoms with Crippen molar-refractivity contribution in [2.75, 3.05) is 36.0 Å². The maximum atomic E-state index is 4.58. The van der Waals surface area contributed by atoms with E-state index < -0.39 is 0 Å². The maximum absolute atomic E-state index is 4.58. The molecule has 3 heterocycles. The molecule has 0 aliphatic carbocycles. The second kappa shape index (κ2) is 7.47. The average Bonchev–Trinajstić information content (AvgIpc) is 2.79. The van der Waals surface area contributed by atoms with Crippen molar-refractivity contribution in [2.24, 2.45) is 0 Å². The van der Waals surface area contributed by atoms with Gasteiger partial charge in [0, 0.05) is 44.1 Å². The largest absolute Gasteiger partial charge is 0.351 e. The summed E-state index contributed by atoms with van der Waals surface area (Å²) < 4.78 is 0. The average molecular weight is 382 g/mol. The number of aromatic nitrogens is 4. The first-order valence-corrected chi connectivity index (χ1v) is 9.88. The van der Waals surface area contributed by atoms with E-state index in [4.69, 9.17) is 0 Å². The predicted octanol–water partition coefficient (Wildman–Crippen LogP) is 3.72. The van der Waals surface area contributed by atoms with Crippen LogP contribution in [0.5, 0.6) is 0 Å². The highest BCUT2D eigenvalue weighted by molar-refractivity contribution is 5.86. The molecule has 144 valence electrons. The number of hydrogen-bond acceptors (Lipinski definition) is 6. The zero-order valence-corrected chi connectivity index (χ0v) is 16.4. The Morgan fingerprint density at radius 1 is 0.724 bits per heavy atom. The Balaban J connectivity index is 1.34. The van der Waals surface area contributed by atoms with Crippen LogP contribution in [0.3, 0.4) is 0 Å². The monoisotopic (exact) mass is 382 g/mol. The maximum Gasteiger partial charge on any atom is 0.225 e. The van der Waals surface area contributed by atoms with Crippen molar-refractivity contribution in [3.05, 3.63) is 72.6 Å². The van der Waals surface area contributed by atoms with Gasteiger partial charge in [-0.3, -0.25) is 0 Å². The minimum Gasteiger partial charge on any atom is -0.351 e. The molecule has 0 atom stereocenters. The zero-order valence-electron chi connectivity index (χ0n) is 16.4. The number of anilines is 2. The molecule has 6 nitrogen and oxygen atoms in total. The minimum atomic E-state index is 0.793. The van der Waals surface area contributed by atoms with Crippen molar-refractivity contribution in [1.29, 1.82) is 0 Å². The number of nitrogens with zero attached hydrogens (tertiary/aromatic N) is 6. The lowest BCUT2D eigenvalue weighted by Gasteiger charge is -2.35. The highest BCUT2D eigenvalue weighted by atomic mass is 15.3. The quantitative estimate of drug-likeness (QED) is 0.538. The number of piperazine rings is 1. The first kappa shape index (κ1) is 17.6. The standard InChI is InChI=1S/C23H22N6/c1-17-15-21(20-8-7-18-5-2-3-6-19(18)16-20)26-27-22(17)28-11-13-29(14-12-28)23-24-9-4-10-25-23/h2-10,15-16H,11-14H2,1H3. The van der Waals surface area contributed by atoms with Crippen molar-refractivity contribution in [3.8, 4) is 11.3 Å². The van der Waals surface area contributed by atoms with Gasteiger partial charge in [0.15, 0.2) is 5.82 Å². The molecule has 2 aromatic carbocycles. The molecule has 1 saturated heterocycles. The molecule has 0 saturated carbocycles. The molecule has 29 heavy (non-hydrogen) atoms. The predicted molar refractivity (Wildman–Crippen MR) is 116 cm³/mol. The Kier molecular flexibility index (Phi) is 4.52. The Morgan fingerprint density at radius 3 is 2.21 bits per heavy atom. The fourth-order valence-electron chi connectivity index (χ4n) is 3.85. The zero-order chi connectivity index (χ0) is 19.6. The molecule has 0 radical (unpaired) electrons. The first-order chi connectivity index (χ1) is 14.3. The summed E-state index contributed by atoms with van der Waals surface area (Å²) in [5.74, 6) is 1.75. The molecule has 2 aromatic heterocycles. The van der Waals surface area contributed by atoms with Gasteiger partial charge in [-0.05, 0) is 41.5 Å². The summed E-state index contributed by atoms with van der Waals surface area (Å²) in [7, 11) is 0. The van der Waals surface area contributed by atoms with Gasteiger partial charge in [-0.1, -0.05) is 36.4 Å². The van der Waals surface area contributed by atoms with Gasteiger partial charge in [0.2, 0.25) is 5.95 Å². The fourth-order valence-corrected chi connectivity index (χ4v) is 3.85. The van der Waals surface area contributed by atoms with Gasteiger partial charge in [-0.25, -0.2) is 9.97 Å². The normalized spacial score (nSPS) is 14.4. The number of aryl methyl sites for hydroxylation is 1. The van der Waals surface area contributed by atoms with E-state index in [1.165, 1.54) is 10.8 Å². The molecular weight excluding hydrogens is 360 g/mol. The molecule has 0 N–H and O–H groups in total. The van der Waals surface area contributed by atoms with E-state index in [2.05, 4.69) is 85.4 Å². The van der Waals surface area contributed by atoms with Gasteiger partial charge in [0.1, 0.15) is 0 Å². The van der Waals surface area contributed by atoms with Crippen LogP contribution in [0.4, 0.5) is 11.8 Å². The third kappa shape index (κ3) is 3.49. The van der Waals surface area contributed by atoms with Crippen LogP contribution >= 0.6 is 0 Å². The molecule has 0 amide bonds. The summed E-state index contributed by atoms with van der Waals surface area (Å²) in [6, 6.07) is 18.8. The third-order valence-corrected chi connectivity index (χ3v) is 5.42. The van der Waals surface area contributed by atoms with E-state index in [0.717, 1.165) is 54.8 Å². The van der Waals surface area contributed by atoms with E-state index in [9.17, 15) is 0 Å². The van der Waals surface area contributed by atoms with Crippen molar-refractivity contribution in [2.45, 2.75) is 6.92 Å². The van der Waals surface area contributed by atoms with Crippen LogP contribution in [0.1, 0.15) is 5.56 Å². The fraction of sp³-hybridized carbons (Fsp3) is 0.217. The number of hydrogen-bond donors (Lipinski definition) is 0. The Morgan fingerprint density at radius 2 is 1.45 bits per heavy atom. The summed E-state index contributed by atoms with van der Waals surface area (Å²) in [5, 5.41) is 11.6. The van der Waals surface area contributed by atoms with Crippen LogP contribution in [0.25, 0.3) is 22.0 Å². The number of fused-ring (bicyclic) bond motifs is 1. The summed E-state index contributed by atoms with van der Waals surface area (Å²) in [5.41, 5.74) is 3.15. The highest BCUT2D eigenvalue weighted by Crippen LogP contribution is 2.26. The van der Waals surface area contributed by atoms with Crippen LogP contribution in [-0.2, 0) is 0 Å². The number of benzene rings is 2. The highest BCUT2D eigenvalue weighted by Gasteiger charge is 2.21. The SMILES string of the molecule is Cc1cc(-c2ccc3ccccc3c2)nnc1N1CCN(c2ncccn2)CC1. The van der Waals surface area contributed by atoms with Crippen LogP contribution < -0.4 is 9.80 Å². The lowest BCUT2D eigenvalue weighted by molar-refractivity contribution is 0.630. The molecular formula is C23H22N6. The van der Waals surface area contributed by atoms with Gasteiger partial charge < -0.3 is 9.80 Å². The first-order valence-electron chi connectivity index (χ1n) is 9.88. The lowest BCUT2D eigenvalue weighted by atomic mass is 10.0. The topological polar surface area (TPSA) is 58.0 Å². The lowest BCUT2D eigenvalue weighted by Crippen LogP contribution is -2.47. The second-order valence-electron chi connectivity index (χ2n) is 7.32. The molecule has 0 spiro atoms. The van der Waals surface area contributed by atoms with Crippen molar-refractivity contribution in [3.63, 3.8) is 0 Å². The van der Waals surface area contributed by atoms with Crippen LogP contribution in [0.2, 0.25) is 0 Å². The molecule has 0 unspecified atom stereocenters. The summed E-state index contributed by atoms with van der Waals surface area (Å²) >= 11 is 0. The summed E-state index contributed by atoms with van der Waals surface area (Å²) in [4.78, 5) is 13.2. The molecule has 5 rings (SSSR count). The van der Waals surface area contributed by atoms with E-state index in [1.54, 1.807) is 12.4 Å². The van der Waals surface area contributed by atoms with E-state index in [0.29, 0.717) is 0 Å². The van der Waals surface area contributed by atoms with E-state index in [1.807, 2.05) is 6.07 Å². The minimum absolute atomic E-state index is 0.793. The number of rotatable bonds is 3. The molecule has 1 fully saturated rings. The molecule has 6 heteroatoms. The molecule has 1 aliphatic rings. The van der Waals surface area contributed by atoms with Crippen LogP contribution in [0.15, 0.2) is 67.0 Å². The van der Waals surface area contributed by atoms with E-state index >= 15 is 0 Å². The van der Waals surface area contributed by atoms with Crippen molar-refractivity contribution >= 4 is 22.5 Å². The van der Waals surface area contributed by atoms with Gasteiger partial charge in [0.05, 0.1) is 5.69 Å². The van der Waals surface area contributed by atoms with E-state index in [-0.39, 0.29) is 0 Å². The van der Waals surface area contributed by atoms with Crippen LogP contribution in [0, 0.1) is 6.92 Å². The van der Waals surface area contributed by atoms with Gasteiger partial charge in [-0.2, -0.15) is 0 Å². The van der Waals surface area contributed by atoms with Crippen LogP contribution in [-0.4, -0.2) is 46.3 Å². The second-order valence-corrected chi connectivity index (χ2v) is 7.32. The molecule has 0 bridgehead atoms. The summed E-state index contributed by atoms with van der Waals surface area (Å²) in [6.07, 6.45) is 3.58. The Labute approximate surface area is 169 Å². The van der Waals surface area contributed by atoms with Crippen molar-refractivity contribution < 1.29 is 0 Å².